The Balaban J connectivity index is 1.84. The zero-order valence-electron chi connectivity index (χ0n) is 10.7. The fourth-order valence-corrected chi connectivity index (χ4v) is 2.39. The van der Waals surface area contributed by atoms with Gasteiger partial charge in [-0.1, -0.05) is 18.5 Å². The van der Waals surface area contributed by atoms with Gasteiger partial charge in [-0.25, -0.2) is 0 Å². The lowest BCUT2D eigenvalue weighted by Gasteiger charge is -2.18. The summed E-state index contributed by atoms with van der Waals surface area (Å²) in [5, 5.41) is 3.74. The average molecular weight is 267 g/mol. The normalized spacial score (nSPS) is 19.0. The van der Waals surface area contributed by atoms with E-state index in [1.54, 1.807) is 0 Å². The van der Waals surface area contributed by atoms with Crippen LogP contribution < -0.4 is 10.2 Å². The standard InChI is InChI=1S/C14H19ClN2O/c1-2-14(18)16-9-11-7-8-17(10-11)13-5-3-12(15)4-6-13/h3-6,11H,2,7-10H2,1H3,(H,16,18)/t11-/m1/s1. The third kappa shape index (κ3) is 3.39. The van der Waals surface area contributed by atoms with Crippen molar-refractivity contribution in [2.45, 2.75) is 19.8 Å². The van der Waals surface area contributed by atoms with E-state index in [1.165, 1.54) is 5.69 Å². The van der Waals surface area contributed by atoms with Crippen LogP contribution in [0.5, 0.6) is 0 Å². The van der Waals surface area contributed by atoms with Crippen LogP contribution in [-0.4, -0.2) is 25.5 Å². The topological polar surface area (TPSA) is 32.3 Å². The molecule has 1 N–H and O–H groups in total. The maximum absolute atomic E-state index is 11.2. The van der Waals surface area contributed by atoms with Crippen LogP contribution >= 0.6 is 11.6 Å². The summed E-state index contributed by atoms with van der Waals surface area (Å²) in [5.41, 5.74) is 1.21. The molecular weight excluding hydrogens is 248 g/mol. The Morgan fingerprint density at radius 2 is 2.17 bits per heavy atom. The second-order valence-corrected chi connectivity index (χ2v) is 5.17. The quantitative estimate of drug-likeness (QED) is 0.909. The lowest BCUT2D eigenvalue weighted by molar-refractivity contribution is -0.120. The molecule has 1 aromatic carbocycles. The highest BCUT2D eigenvalue weighted by molar-refractivity contribution is 6.30. The summed E-state index contributed by atoms with van der Waals surface area (Å²) in [6.45, 7) is 4.72. The van der Waals surface area contributed by atoms with Gasteiger partial charge in [0.1, 0.15) is 0 Å². The summed E-state index contributed by atoms with van der Waals surface area (Å²) in [4.78, 5) is 13.6. The van der Waals surface area contributed by atoms with Crippen molar-refractivity contribution < 1.29 is 4.79 Å². The van der Waals surface area contributed by atoms with Gasteiger partial charge < -0.3 is 10.2 Å². The fourth-order valence-electron chi connectivity index (χ4n) is 2.27. The number of anilines is 1. The van der Waals surface area contributed by atoms with Crippen molar-refractivity contribution in [3.63, 3.8) is 0 Å². The van der Waals surface area contributed by atoms with Gasteiger partial charge in [0.05, 0.1) is 0 Å². The number of amides is 1. The molecule has 1 saturated heterocycles. The molecule has 1 atom stereocenters. The van der Waals surface area contributed by atoms with Crippen molar-refractivity contribution in [1.82, 2.24) is 5.32 Å². The Hall–Kier alpha value is -1.22. The highest BCUT2D eigenvalue weighted by atomic mass is 35.5. The van der Waals surface area contributed by atoms with Crippen LogP contribution in [0.2, 0.25) is 5.02 Å². The van der Waals surface area contributed by atoms with Crippen LogP contribution in [0.3, 0.4) is 0 Å². The van der Waals surface area contributed by atoms with Crippen molar-refractivity contribution in [3.05, 3.63) is 29.3 Å². The Labute approximate surface area is 113 Å². The molecule has 1 fully saturated rings. The first-order valence-electron chi connectivity index (χ1n) is 6.46. The molecule has 0 bridgehead atoms. The monoisotopic (exact) mass is 266 g/mol. The van der Waals surface area contributed by atoms with E-state index < -0.39 is 0 Å². The number of hydrogen-bond donors (Lipinski definition) is 1. The SMILES string of the molecule is CCC(=O)NC[C@H]1CCN(c2ccc(Cl)cc2)C1. The third-order valence-electron chi connectivity index (χ3n) is 3.39. The molecule has 2 rings (SSSR count). The predicted octanol–water partition coefficient (Wildman–Crippen LogP) is 2.69. The molecule has 0 saturated carbocycles. The number of carbonyl (C=O) groups is 1. The van der Waals surface area contributed by atoms with Crippen LogP contribution in [0, 0.1) is 5.92 Å². The maximum Gasteiger partial charge on any atom is 0.219 e. The Bertz CT molecular complexity index is 405. The van der Waals surface area contributed by atoms with Gasteiger partial charge >= 0.3 is 0 Å². The van der Waals surface area contributed by atoms with Gasteiger partial charge in [0.2, 0.25) is 5.91 Å². The summed E-state index contributed by atoms with van der Waals surface area (Å²) in [6, 6.07) is 7.94. The fraction of sp³-hybridized carbons (Fsp3) is 0.500. The lowest BCUT2D eigenvalue weighted by Crippen LogP contribution is -2.30. The smallest absolute Gasteiger partial charge is 0.219 e. The third-order valence-corrected chi connectivity index (χ3v) is 3.64. The van der Waals surface area contributed by atoms with Crippen molar-refractivity contribution in [1.29, 1.82) is 0 Å². The van der Waals surface area contributed by atoms with Gasteiger partial charge in [0, 0.05) is 36.8 Å². The number of carbonyl (C=O) groups excluding carboxylic acids is 1. The molecule has 4 heteroatoms. The molecule has 1 aromatic rings. The molecule has 3 nitrogen and oxygen atoms in total. The largest absolute Gasteiger partial charge is 0.371 e. The van der Waals surface area contributed by atoms with E-state index in [0.29, 0.717) is 12.3 Å². The first-order chi connectivity index (χ1) is 8.69. The Morgan fingerprint density at radius 1 is 1.44 bits per heavy atom. The summed E-state index contributed by atoms with van der Waals surface area (Å²) in [7, 11) is 0. The zero-order valence-corrected chi connectivity index (χ0v) is 11.4. The molecule has 0 aromatic heterocycles. The van der Waals surface area contributed by atoms with Gasteiger partial charge in [-0.2, -0.15) is 0 Å². The maximum atomic E-state index is 11.2. The predicted molar refractivity (Wildman–Crippen MR) is 75.1 cm³/mol. The molecule has 18 heavy (non-hydrogen) atoms. The molecule has 1 amide bonds. The van der Waals surface area contributed by atoms with Crippen LogP contribution in [0.15, 0.2) is 24.3 Å². The zero-order chi connectivity index (χ0) is 13.0. The summed E-state index contributed by atoms with van der Waals surface area (Å²) in [6.07, 6.45) is 1.69. The number of rotatable bonds is 4. The van der Waals surface area contributed by atoms with Crippen LogP contribution in [0.25, 0.3) is 0 Å². The minimum absolute atomic E-state index is 0.139. The number of nitrogens with zero attached hydrogens (tertiary/aromatic N) is 1. The lowest BCUT2D eigenvalue weighted by atomic mass is 10.1. The van der Waals surface area contributed by atoms with Crippen LogP contribution in [0.1, 0.15) is 19.8 Å². The van der Waals surface area contributed by atoms with E-state index in [4.69, 9.17) is 11.6 Å². The summed E-state index contributed by atoms with van der Waals surface area (Å²) >= 11 is 5.88. The van der Waals surface area contributed by atoms with Crippen molar-refractivity contribution in [3.8, 4) is 0 Å². The highest BCUT2D eigenvalue weighted by Crippen LogP contribution is 2.24. The Morgan fingerprint density at radius 3 is 2.83 bits per heavy atom. The van der Waals surface area contributed by atoms with E-state index in [0.717, 1.165) is 31.1 Å². The molecule has 0 radical (unpaired) electrons. The first kappa shape index (κ1) is 13.2. The molecular formula is C14H19ClN2O. The van der Waals surface area contributed by atoms with E-state index in [2.05, 4.69) is 22.3 Å². The van der Waals surface area contributed by atoms with E-state index >= 15 is 0 Å². The van der Waals surface area contributed by atoms with Gasteiger partial charge in [0.25, 0.3) is 0 Å². The summed E-state index contributed by atoms with van der Waals surface area (Å²) < 4.78 is 0. The first-order valence-corrected chi connectivity index (χ1v) is 6.84. The van der Waals surface area contributed by atoms with E-state index in [-0.39, 0.29) is 5.91 Å². The number of benzene rings is 1. The molecule has 0 unspecified atom stereocenters. The molecule has 0 aliphatic carbocycles. The van der Waals surface area contributed by atoms with Crippen molar-refractivity contribution >= 4 is 23.2 Å². The summed E-state index contributed by atoms with van der Waals surface area (Å²) in [5.74, 6) is 0.691. The minimum atomic E-state index is 0.139. The van der Waals surface area contributed by atoms with Gasteiger partial charge in [0.15, 0.2) is 0 Å². The van der Waals surface area contributed by atoms with E-state index in [1.807, 2.05) is 19.1 Å². The number of nitrogens with one attached hydrogen (secondary N) is 1. The second kappa shape index (κ2) is 6.10. The highest BCUT2D eigenvalue weighted by Gasteiger charge is 2.22. The Kier molecular flexibility index (Phi) is 4.48. The number of halogens is 1. The molecule has 1 heterocycles. The number of hydrogen-bond acceptors (Lipinski definition) is 2. The molecule has 98 valence electrons. The van der Waals surface area contributed by atoms with Gasteiger partial charge in [-0.05, 0) is 36.6 Å². The van der Waals surface area contributed by atoms with Crippen molar-refractivity contribution in [2.75, 3.05) is 24.5 Å². The average Bonchev–Trinajstić information content (AvgIpc) is 2.85. The molecule has 0 spiro atoms. The second-order valence-electron chi connectivity index (χ2n) is 4.73. The van der Waals surface area contributed by atoms with Gasteiger partial charge in [-0.15, -0.1) is 0 Å². The molecule has 1 aliphatic heterocycles. The van der Waals surface area contributed by atoms with Crippen LogP contribution in [0.4, 0.5) is 5.69 Å². The van der Waals surface area contributed by atoms with Crippen LogP contribution in [-0.2, 0) is 4.79 Å². The van der Waals surface area contributed by atoms with E-state index in [9.17, 15) is 4.79 Å². The minimum Gasteiger partial charge on any atom is -0.371 e. The van der Waals surface area contributed by atoms with Gasteiger partial charge in [-0.3, -0.25) is 4.79 Å². The van der Waals surface area contributed by atoms with Crippen molar-refractivity contribution in [2.24, 2.45) is 5.92 Å². The molecule has 1 aliphatic rings.